The second-order valence-electron chi connectivity index (χ2n) is 9.13. The van der Waals surface area contributed by atoms with E-state index in [2.05, 4.69) is 42.5 Å². The highest BCUT2D eigenvalue weighted by Crippen LogP contribution is 2.39. The Morgan fingerprint density at radius 1 is 0.976 bits per heavy atom. The number of carbonyl (C=O) groups is 2. The lowest BCUT2D eigenvalue weighted by Gasteiger charge is -2.27. The van der Waals surface area contributed by atoms with Crippen molar-refractivity contribution in [1.82, 2.24) is 0 Å². The van der Waals surface area contributed by atoms with Crippen LogP contribution < -0.4 is 16.4 Å². The van der Waals surface area contributed by atoms with Crippen LogP contribution >= 0.6 is 31.9 Å². The molecule has 0 fully saturated rings. The van der Waals surface area contributed by atoms with Gasteiger partial charge in [-0.3, -0.25) is 10.1 Å². The van der Waals surface area contributed by atoms with Crippen LogP contribution in [0, 0.1) is 0 Å². The molecule has 0 bridgehead atoms. The molecule has 0 aliphatic rings. The number of nitrogen functional groups attached to an aromatic ring is 1. The van der Waals surface area contributed by atoms with E-state index >= 15 is 0 Å². The molecule has 0 saturated carbocycles. The number of aromatic hydroxyl groups is 1. The minimum atomic E-state index is -0.977. The van der Waals surface area contributed by atoms with Gasteiger partial charge < -0.3 is 25.6 Å². The molecule has 2 atom stereocenters. The van der Waals surface area contributed by atoms with Gasteiger partial charge in [0.2, 0.25) is 5.91 Å². The topological polar surface area (TPSA) is 123 Å². The van der Waals surface area contributed by atoms with Gasteiger partial charge in [0.05, 0.1) is 27.6 Å². The molecular formula is C31H29Br2N3O5. The van der Waals surface area contributed by atoms with Gasteiger partial charge in [-0.2, -0.15) is 0 Å². The molecule has 0 aromatic heterocycles. The highest BCUT2D eigenvalue weighted by atomic mass is 79.9. The molecule has 0 spiro atoms. The van der Waals surface area contributed by atoms with E-state index in [1.54, 1.807) is 48.5 Å². The third-order valence-electron chi connectivity index (χ3n) is 6.37. The van der Waals surface area contributed by atoms with Crippen LogP contribution in [0.4, 0.5) is 21.9 Å². The summed E-state index contributed by atoms with van der Waals surface area (Å²) in [5, 5.41) is 18.3. The Kier molecular flexibility index (Phi) is 10.4. The van der Waals surface area contributed by atoms with Crippen molar-refractivity contribution in [2.24, 2.45) is 0 Å². The van der Waals surface area contributed by atoms with E-state index in [0.29, 0.717) is 44.4 Å². The quantitative estimate of drug-likeness (QED) is 0.0995. The summed E-state index contributed by atoms with van der Waals surface area (Å²) in [6.07, 6.45) is 1.58. The smallest absolute Gasteiger partial charge is 0.412 e. The molecule has 212 valence electrons. The van der Waals surface area contributed by atoms with E-state index in [4.69, 9.17) is 15.2 Å². The number of anilines is 3. The Morgan fingerprint density at radius 2 is 1.68 bits per heavy atom. The normalized spacial score (nSPS) is 12.7. The summed E-state index contributed by atoms with van der Waals surface area (Å²) >= 11 is 6.80. The molecule has 8 nitrogen and oxygen atoms in total. The van der Waals surface area contributed by atoms with Gasteiger partial charge >= 0.3 is 6.09 Å². The number of hydrogen-bond acceptors (Lipinski definition) is 6. The number of phenols is 1. The number of nitrogens with one attached hydrogen (secondary N) is 2. The van der Waals surface area contributed by atoms with Gasteiger partial charge in [-0.25, -0.2) is 4.79 Å². The number of halogens is 2. The van der Waals surface area contributed by atoms with E-state index in [0.717, 1.165) is 10.8 Å². The Hall–Kier alpha value is -3.86. The van der Waals surface area contributed by atoms with E-state index in [9.17, 15) is 14.7 Å². The maximum absolute atomic E-state index is 13.2. The molecule has 4 rings (SSSR count). The van der Waals surface area contributed by atoms with Crippen molar-refractivity contribution >= 4 is 71.7 Å². The average Bonchev–Trinajstić information content (AvgIpc) is 2.95. The second-order valence-corrected chi connectivity index (χ2v) is 10.9. The van der Waals surface area contributed by atoms with E-state index in [-0.39, 0.29) is 11.7 Å². The minimum Gasteiger partial charge on any atom is -0.506 e. The van der Waals surface area contributed by atoms with Gasteiger partial charge in [0, 0.05) is 22.5 Å². The number of hydrogen-bond donors (Lipinski definition) is 4. The van der Waals surface area contributed by atoms with Gasteiger partial charge in [0.15, 0.2) is 6.10 Å². The van der Waals surface area contributed by atoms with Crippen molar-refractivity contribution in [2.75, 3.05) is 23.5 Å². The Bertz CT molecular complexity index is 1570. The lowest BCUT2D eigenvalue weighted by molar-refractivity contribution is -0.111. The number of phenolic OH excluding ortho intramolecular Hbond substituents is 1. The third kappa shape index (κ3) is 7.87. The Balaban J connectivity index is 1.51. The molecular weight excluding hydrogens is 654 g/mol. The summed E-state index contributed by atoms with van der Waals surface area (Å²) in [6, 6.07) is 23.6. The van der Waals surface area contributed by atoms with Crippen LogP contribution in [0.15, 0.2) is 100.0 Å². The van der Waals surface area contributed by atoms with Crippen LogP contribution in [0.2, 0.25) is 0 Å². The van der Waals surface area contributed by atoms with Gasteiger partial charge in [0.1, 0.15) is 5.75 Å². The van der Waals surface area contributed by atoms with Crippen molar-refractivity contribution in [2.45, 2.75) is 25.0 Å². The predicted molar refractivity (Wildman–Crippen MR) is 169 cm³/mol. The fourth-order valence-corrected chi connectivity index (χ4v) is 5.62. The average molecular weight is 683 g/mol. The van der Waals surface area contributed by atoms with Crippen molar-refractivity contribution < 1.29 is 24.2 Å². The number of para-hydroxylation sites is 2. The van der Waals surface area contributed by atoms with Crippen LogP contribution in [0.3, 0.4) is 0 Å². The number of ether oxygens (including phenoxy) is 2. The van der Waals surface area contributed by atoms with Crippen LogP contribution in [-0.4, -0.2) is 30.3 Å². The summed E-state index contributed by atoms with van der Waals surface area (Å²) in [4.78, 5) is 25.6. The monoisotopic (exact) mass is 681 g/mol. The van der Waals surface area contributed by atoms with E-state index in [1.165, 1.54) is 13.2 Å². The third-order valence-corrected chi connectivity index (χ3v) is 7.43. The summed E-state index contributed by atoms with van der Waals surface area (Å²) in [7, 11) is 1.50. The standard InChI is InChI=1S/C31H29Br2N3O5/c1-40-27(15-6-7-16-28(37)35-26-13-5-4-12-24(26)34)30(22-17-20(32)18-23(33)29(22)38)41-31(39)36-25-14-8-10-19-9-2-3-11-21(19)25/h2-5,7-14,16-18,27,30,38H,6,15,34H2,1H3,(H,35,37)(H,36,39)/b16-7+/t27-,30-/m1/s1. The largest absolute Gasteiger partial charge is 0.506 e. The molecule has 0 saturated heterocycles. The SMILES string of the molecule is CO[C@H](CC/C=C/C(=O)Nc1ccccc1N)[C@H](OC(=O)Nc1cccc2ccccc12)c1cc(Br)cc(Br)c1O. The molecule has 5 N–H and O–H groups in total. The first-order valence-electron chi connectivity index (χ1n) is 12.7. The number of fused-ring (bicyclic) bond motifs is 1. The molecule has 4 aromatic rings. The van der Waals surface area contributed by atoms with Crippen LogP contribution in [0.1, 0.15) is 24.5 Å². The summed E-state index contributed by atoms with van der Waals surface area (Å²) in [5.74, 6) is -0.402. The van der Waals surface area contributed by atoms with E-state index in [1.807, 2.05) is 36.4 Å². The van der Waals surface area contributed by atoms with Crippen LogP contribution in [0.25, 0.3) is 10.8 Å². The molecule has 0 heterocycles. The molecule has 0 aliphatic carbocycles. The molecule has 41 heavy (non-hydrogen) atoms. The Labute approximate surface area is 254 Å². The molecule has 2 amide bonds. The molecule has 0 radical (unpaired) electrons. The highest BCUT2D eigenvalue weighted by molar-refractivity contribution is 9.11. The lowest BCUT2D eigenvalue weighted by atomic mass is 9.99. The zero-order valence-electron chi connectivity index (χ0n) is 22.1. The zero-order valence-corrected chi connectivity index (χ0v) is 25.3. The van der Waals surface area contributed by atoms with Gasteiger partial charge in [0.25, 0.3) is 0 Å². The van der Waals surface area contributed by atoms with Crippen molar-refractivity contribution in [1.29, 1.82) is 0 Å². The number of methoxy groups -OCH3 is 1. The van der Waals surface area contributed by atoms with Crippen molar-refractivity contribution in [3.8, 4) is 5.75 Å². The zero-order chi connectivity index (χ0) is 29.4. The minimum absolute atomic E-state index is 0.0754. The fourth-order valence-electron chi connectivity index (χ4n) is 4.36. The Morgan fingerprint density at radius 3 is 2.46 bits per heavy atom. The maximum Gasteiger partial charge on any atom is 0.412 e. The number of nitrogens with two attached hydrogens (primary N) is 1. The van der Waals surface area contributed by atoms with Crippen LogP contribution in [0.5, 0.6) is 5.75 Å². The van der Waals surface area contributed by atoms with Crippen LogP contribution in [-0.2, 0) is 14.3 Å². The molecule has 4 aromatic carbocycles. The molecule has 0 aliphatic heterocycles. The summed E-state index contributed by atoms with van der Waals surface area (Å²) in [6.45, 7) is 0. The second kappa shape index (κ2) is 14.2. The summed E-state index contributed by atoms with van der Waals surface area (Å²) < 4.78 is 12.8. The number of allylic oxidation sites excluding steroid dienone is 1. The molecule has 0 unspecified atom stereocenters. The first-order valence-corrected chi connectivity index (χ1v) is 14.3. The van der Waals surface area contributed by atoms with Gasteiger partial charge in [-0.05, 0) is 70.6 Å². The van der Waals surface area contributed by atoms with Crippen molar-refractivity contribution in [3.05, 3.63) is 106 Å². The fraction of sp³-hybridized carbons (Fsp3) is 0.161. The summed E-state index contributed by atoms with van der Waals surface area (Å²) in [5.41, 5.74) is 7.83. The lowest BCUT2D eigenvalue weighted by Crippen LogP contribution is -2.28. The van der Waals surface area contributed by atoms with Gasteiger partial charge in [-0.15, -0.1) is 0 Å². The van der Waals surface area contributed by atoms with Gasteiger partial charge in [-0.1, -0.05) is 70.5 Å². The number of amides is 2. The maximum atomic E-state index is 13.2. The first-order chi connectivity index (χ1) is 19.8. The number of benzene rings is 4. The highest BCUT2D eigenvalue weighted by Gasteiger charge is 2.30. The first kappa shape index (κ1) is 30.1. The number of rotatable bonds is 10. The van der Waals surface area contributed by atoms with E-state index < -0.39 is 18.3 Å². The predicted octanol–water partition coefficient (Wildman–Crippen LogP) is 7.93. The number of carbonyl (C=O) groups excluding carboxylic acids is 2. The van der Waals surface area contributed by atoms with Crippen molar-refractivity contribution in [3.63, 3.8) is 0 Å². The molecule has 10 heteroatoms.